The van der Waals surface area contributed by atoms with Crippen LogP contribution in [-0.2, 0) is 12.0 Å². The molecule has 0 saturated carbocycles. The Morgan fingerprint density at radius 2 is 2.12 bits per heavy atom. The first-order valence-corrected chi connectivity index (χ1v) is 15.0. The monoisotopic (exact) mass is 554 g/mol. The number of ether oxygens (including phenoxy) is 1. The fourth-order valence-electron chi connectivity index (χ4n) is 7.41. The molecule has 0 unspecified atom stereocenters. The molecule has 7 nitrogen and oxygen atoms in total. The van der Waals surface area contributed by atoms with Gasteiger partial charge in [0.05, 0.1) is 34.8 Å². The second-order valence-corrected chi connectivity index (χ2v) is 11.7. The highest BCUT2D eigenvalue weighted by molar-refractivity contribution is 5.66. The molecule has 0 amide bonds. The van der Waals surface area contributed by atoms with Crippen LogP contribution in [0.5, 0.6) is 5.88 Å². The van der Waals surface area contributed by atoms with E-state index in [0.717, 1.165) is 74.7 Å². The van der Waals surface area contributed by atoms with Crippen LogP contribution in [0.1, 0.15) is 56.4 Å². The van der Waals surface area contributed by atoms with Gasteiger partial charge in [0.2, 0.25) is 5.88 Å². The van der Waals surface area contributed by atoms with Crippen LogP contribution < -0.4 is 15.0 Å². The third-order valence-electron chi connectivity index (χ3n) is 9.32. The van der Waals surface area contributed by atoms with E-state index in [1.807, 2.05) is 19.1 Å². The van der Waals surface area contributed by atoms with Crippen molar-refractivity contribution in [1.82, 2.24) is 20.2 Å². The summed E-state index contributed by atoms with van der Waals surface area (Å²) < 4.78 is 19.8. The summed E-state index contributed by atoms with van der Waals surface area (Å²) in [4.78, 5) is 14.7. The summed E-state index contributed by atoms with van der Waals surface area (Å²) in [6.07, 6.45) is 6.16. The fourth-order valence-corrected chi connectivity index (χ4v) is 7.41. The minimum atomic E-state index is -0.369. The maximum Gasteiger partial charge on any atom is 0.222 e. The van der Waals surface area contributed by atoms with E-state index in [4.69, 9.17) is 9.72 Å². The number of piperidine rings is 1. The smallest absolute Gasteiger partial charge is 0.222 e. The van der Waals surface area contributed by atoms with E-state index in [1.54, 1.807) is 12.3 Å². The van der Waals surface area contributed by atoms with Crippen LogP contribution in [-0.4, -0.2) is 60.2 Å². The first-order valence-electron chi connectivity index (χ1n) is 15.0. The number of benzene rings is 1. The standard InChI is InChI=1S/C33H39FN6O/c1-3-24-19-40(31-12-9-25(34)17-23(31)18-35)16-13-33(24)22-39(20-26-7-5-14-36-26)21-30-28(33)10-11-29(38-30)27-8-6-15-37-32(27)41-4-2/h6,8-12,15,17,24,26,36H,3-5,7,13-14,16,19-22H2,1-2H3/t24-,26-,33+/m1/s1. The number of pyridine rings is 2. The minimum Gasteiger partial charge on any atom is -0.477 e. The predicted molar refractivity (Wildman–Crippen MR) is 158 cm³/mol. The SMILES string of the molecule is CCOc1ncccc1-c1ccc2c(n1)CN(C[C@H]1CCCN1)C[C@]21CCN(c2ccc(F)cc2C#N)C[C@H]1CC. The van der Waals surface area contributed by atoms with Gasteiger partial charge in [0.25, 0.3) is 0 Å². The minimum absolute atomic E-state index is 0.0481. The van der Waals surface area contributed by atoms with E-state index in [9.17, 15) is 9.65 Å². The van der Waals surface area contributed by atoms with Gasteiger partial charge >= 0.3 is 0 Å². The van der Waals surface area contributed by atoms with E-state index in [2.05, 4.69) is 45.2 Å². The van der Waals surface area contributed by atoms with Crippen molar-refractivity contribution in [3.8, 4) is 23.2 Å². The number of rotatable bonds is 7. The van der Waals surface area contributed by atoms with Crippen molar-refractivity contribution in [1.29, 1.82) is 5.26 Å². The summed E-state index contributed by atoms with van der Waals surface area (Å²) in [6, 6.07) is 15.7. The molecule has 8 heteroatoms. The first-order chi connectivity index (χ1) is 20.0. The van der Waals surface area contributed by atoms with Gasteiger partial charge in [0.15, 0.2) is 0 Å². The number of halogens is 1. The first kappa shape index (κ1) is 27.6. The maximum atomic E-state index is 13.9. The van der Waals surface area contributed by atoms with Crippen molar-refractivity contribution in [3.05, 3.63) is 71.3 Å². The van der Waals surface area contributed by atoms with E-state index < -0.39 is 0 Å². The quantitative estimate of drug-likeness (QED) is 0.425. The largest absolute Gasteiger partial charge is 0.477 e. The van der Waals surface area contributed by atoms with Gasteiger partial charge in [0.1, 0.15) is 11.9 Å². The predicted octanol–water partition coefficient (Wildman–Crippen LogP) is 5.29. The van der Waals surface area contributed by atoms with Gasteiger partial charge in [-0.1, -0.05) is 19.4 Å². The van der Waals surface area contributed by atoms with Crippen molar-refractivity contribution in [3.63, 3.8) is 0 Å². The Balaban J connectivity index is 1.38. The summed E-state index contributed by atoms with van der Waals surface area (Å²) in [5.74, 6) is 0.606. The topological polar surface area (TPSA) is 77.3 Å². The fraction of sp³-hybridized carbons (Fsp3) is 0.485. The number of hydrogen-bond acceptors (Lipinski definition) is 7. The van der Waals surface area contributed by atoms with Crippen LogP contribution in [0.3, 0.4) is 0 Å². The lowest BCUT2D eigenvalue weighted by molar-refractivity contribution is 0.0968. The molecule has 214 valence electrons. The van der Waals surface area contributed by atoms with Crippen LogP contribution in [0.4, 0.5) is 10.1 Å². The molecule has 0 radical (unpaired) electrons. The Morgan fingerprint density at radius 3 is 2.90 bits per heavy atom. The summed E-state index contributed by atoms with van der Waals surface area (Å²) in [7, 11) is 0. The Labute approximate surface area is 242 Å². The molecule has 3 aliphatic rings. The average molecular weight is 555 g/mol. The number of hydrogen-bond donors (Lipinski definition) is 1. The lowest BCUT2D eigenvalue weighted by Gasteiger charge is -2.53. The molecule has 2 aromatic heterocycles. The molecular formula is C33H39FN6O. The maximum absolute atomic E-state index is 13.9. The second kappa shape index (κ2) is 11.8. The third-order valence-corrected chi connectivity index (χ3v) is 9.32. The molecule has 2 fully saturated rings. The molecule has 1 N–H and O–H groups in total. The highest BCUT2D eigenvalue weighted by Gasteiger charge is 2.48. The molecule has 41 heavy (non-hydrogen) atoms. The highest BCUT2D eigenvalue weighted by Crippen LogP contribution is 2.47. The Kier molecular flexibility index (Phi) is 7.92. The van der Waals surface area contributed by atoms with Crippen LogP contribution in [0.2, 0.25) is 0 Å². The van der Waals surface area contributed by atoms with Crippen LogP contribution in [0.25, 0.3) is 11.3 Å². The van der Waals surface area contributed by atoms with Crippen LogP contribution in [0, 0.1) is 23.1 Å². The molecule has 3 atom stereocenters. The Morgan fingerprint density at radius 1 is 1.22 bits per heavy atom. The lowest BCUT2D eigenvalue weighted by atomic mass is 9.62. The zero-order valence-electron chi connectivity index (χ0n) is 24.1. The van der Waals surface area contributed by atoms with Crippen LogP contribution in [0.15, 0.2) is 48.7 Å². The number of nitrogens with one attached hydrogen (secondary N) is 1. The van der Waals surface area contributed by atoms with Crippen molar-refractivity contribution < 1.29 is 9.13 Å². The lowest BCUT2D eigenvalue weighted by Crippen LogP contribution is -2.58. The van der Waals surface area contributed by atoms with Gasteiger partial charge < -0.3 is 15.0 Å². The van der Waals surface area contributed by atoms with Crippen molar-refractivity contribution in [2.75, 3.05) is 44.2 Å². The summed E-state index contributed by atoms with van der Waals surface area (Å²) in [5.41, 5.74) is 5.50. The molecule has 3 aliphatic heterocycles. The van der Waals surface area contributed by atoms with Crippen molar-refractivity contribution in [2.45, 2.75) is 57.5 Å². The van der Waals surface area contributed by atoms with E-state index in [1.165, 1.54) is 30.5 Å². The van der Waals surface area contributed by atoms with E-state index in [-0.39, 0.29) is 11.2 Å². The van der Waals surface area contributed by atoms with Crippen molar-refractivity contribution >= 4 is 5.69 Å². The third kappa shape index (κ3) is 5.29. The normalized spacial score (nSPS) is 24.3. The molecule has 0 aliphatic carbocycles. The number of anilines is 1. The number of nitrogens with zero attached hydrogens (tertiary/aromatic N) is 5. The van der Waals surface area contributed by atoms with Gasteiger partial charge in [0, 0.05) is 50.4 Å². The summed E-state index contributed by atoms with van der Waals surface area (Å²) in [6.45, 7) is 10.4. The summed E-state index contributed by atoms with van der Waals surface area (Å²) >= 11 is 0. The molecule has 1 spiro atoms. The van der Waals surface area contributed by atoms with Gasteiger partial charge in [-0.15, -0.1) is 0 Å². The van der Waals surface area contributed by atoms with Crippen LogP contribution >= 0.6 is 0 Å². The molecular weight excluding hydrogens is 515 g/mol. The van der Waals surface area contributed by atoms with Gasteiger partial charge in [-0.3, -0.25) is 9.88 Å². The second-order valence-electron chi connectivity index (χ2n) is 11.7. The van der Waals surface area contributed by atoms with E-state index >= 15 is 0 Å². The van der Waals surface area contributed by atoms with Gasteiger partial charge in [-0.25, -0.2) is 9.37 Å². The van der Waals surface area contributed by atoms with E-state index in [0.29, 0.717) is 30.0 Å². The zero-order chi connectivity index (χ0) is 28.4. The molecule has 5 heterocycles. The van der Waals surface area contributed by atoms with Gasteiger partial charge in [-0.2, -0.15) is 5.26 Å². The highest BCUT2D eigenvalue weighted by atomic mass is 19.1. The molecule has 3 aromatic rings. The number of fused-ring (bicyclic) bond motifs is 2. The summed E-state index contributed by atoms with van der Waals surface area (Å²) in [5, 5.41) is 13.4. The molecule has 2 saturated heterocycles. The average Bonchev–Trinajstić information content (AvgIpc) is 3.50. The number of aromatic nitrogens is 2. The molecule has 0 bridgehead atoms. The van der Waals surface area contributed by atoms with Gasteiger partial charge in [-0.05, 0) is 80.6 Å². The Hall–Kier alpha value is -3.54. The Bertz CT molecular complexity index is 1430. The molecule has 1 aromatic carbocycles. The zero-order valence-corrected chi connectivity index (χ0v) is 24.1. The number of nitriles is 1. The van der Waals surface area contributed by atoms with Crippen molar-refractivity contribution in [2.24, 2.45) is 5.92 Å². The molecule has 6 rings (SSSR count).